The minimum atomic E-state index is -0.930. The zero-order valence-corrected chi connectivity index (χ0v) is 9.56. The van der Waals surface area contributed by atoms with Crippen molar-refractivity contribution in [2.24, 2.45) is 0 Å². The Balaban J connectivity index is 2.78. The quantitative estimate of drug-likeness (QED) is 0.724. The fourth-order valence-corrected chi connectivity index (χ4v) is 2.06. The van der Waals surface area contributed by atoms with Gasteiger partial charge >= 0.3 is 5.97 Å². The summed E-state index contributed by atoms with van der Waals surface area (Å²) in [5.41, 5.74) is 0.922. The molecule has 0 aromatic carbocycles. The third-order valence-corrected chi connectivity index (χ3v) is 2.75. The average molecular weight is 230 g/mol. The predicted molar refractivity (Wildman–Crippen MR) is 58.8 cm³/mol. The molecule has 0 fully saturated rings. The third kappa shape index (κ3) is 2.90. The number of anilines is 1. The smallest absolute Gasteiger partial charge is 0.340 e. The van der Waals surface area contributed by atoms with Gasteiger partial charge < -0.3 is 15.2 Å². The highest BCUT2D eigenvalue weighted by molar-refractivity contribution is 7.10. The van der Waals surface area contributed by atoms with Crippen LogP contribution in [-0.4, -0.2) is 35.7 Å². The molecule has 0 spiro atoms. The van der Waals surface area contributed by atoms with E-state index in [2.05, 4.69) is 9.69 Å². The highest BCUT2D eigenvalue weighted by Gasteiger charge is 2.18. The Kier molecular flexibility index (Phi) is 4.51. The van der Waals surface area contributed by atoms with Gasteiger partial charge in [0, 0.05) is 13.7 Å². The molecular weight excluding hydrogens is 216 g/mol. The Labute approximate surface area is 92.2 Å². The first-order valence-corrected chi connectivity index (χ1v) is 5.42. The van der Waals surface area contributed by atoms with Crippen molar-refractivity contribution in [2.45, 2.75) is 13.3 Å². The number of nitrogens with zero attached hydrogens (tertiary/aromatic N) is 1. The van der Waals surface area contributed by atoms with Crippen LogP contribution in [0.3, 0.4) is 0 Å². The molecule has 84 valence electrons. The molecule has 0 bridgehead atoms. The summed E-state index contributed by atoms with van der Waals surface area (Å²) in [7, 11) is 1.60. The van der Waals surface area contributed by atoms with Crippen molar-refractivity contribution >= 4 is 22.5 Å². The molecule has 0 aliphatic heterocycles. The summed E-state index contributed by atoms with van der Waals surface area (Å²) >= 11 is 1.18. The fraction of sp³-hybridized carbons (Fsp3) is 0.556. The van der Waals surface area contributed by atoms with Gasteiger partial charge in [0.15, 0.2) is 0 Å². The van der Waals surface area contributed by atoms with E-state index in [1.54, 1.807) is 7.11 Å². The second-order valence-corrected chi connectivity index (χ2v) is 3.69. The number of carboxylic acid groups (broad SMARTS) is 1. The molecule has 0 saturated heterocycles. The minimum Gasteiger partial charge on any atom is -0.478 e. The van der Waals surface area contributed by atoms with Crippen LogP contribution in [0.15, 0.2) is 0 Å². The lowest BCUT2D eigenvalue weighted by Gasteiger charge is -2.03. The van der Waals surface area contributed by atoms with Crippen molar-refractivity contribution < 1.29 is 14.6 Å². The summed E-state index contributed by atoms with van der Waals surface area (Å²) in [4.78, 5) is 11.0. The molecule has 0 aliphatic carbocycles. The molecule has 6 heteroatoms. The average Bonchev–Trinajstić information content (AvgIpc) is 2.61. The summed E-state index contributed by atoms with van der Waals surface area (Å²) in [5.74, 6) is -0.930. The number of carboxylic acids is 1. The third-order valence-electron chi connectivity index (χ3n) is 1.90. The van der Waals surface area contributed by atoms with Crippen LogP contribution in [0, 0.1) is 0 Å². The Morgan fingerprint density at radius 2 is 2.40 bits per heavy atom. The second kappa shape index (κ2) is 5.67. The maximum Gasteiger partial charge on any atom is 0.340 e. The standard InChI is InChI=1S/C9H14N2O3S/c1-3-6-7(9(12)13)8(15-11-6)10-4-5-14-2/h10H,3-5H2,1-2H3,(H,12,13). The molecule has 0 saturated carbocycles. The van der Waals surface area contributed by atoms with Gasteiger partial charge in [-0.2, -0.15) is 4.37 Å². The maximum absolute atomic E-state index is 11.0. The van der Waals surface area contributed by atoms with E-state index in [-0.39, 0.29) is 0 Å². The number of aromatic nitrogens is 1. The van der Waals surface area contributed by atoms with Crippen molar-refractivity contribution in [2.75, 3.05) is 25.6 Å². The van der Waals surface area contributed by atoms with E-state index in [0.717, 1.165) is 0 Å². The fourth-order valence-electron chi connectivity index (χ4n) is 1.17. The number of aryl methyl sites for hydroxylation is 1. The van der Waals surface area contributed by atoms with E-state index in [4.69, 9.17) is 9.84 Å². The van der Waals surface area contributed by atoms with Gasteiger partial charge in [-0.15, -0.1) is 0 Å². The Hall–Kier alpha value is -1.14. The number of ether oxygens (including phenoxy) is 1. The number of carbonyl (C=O) groups is 1. The monoisotopic (exact) mass is 230 g/mol. The second-order valence-electron chi connectivity index (χ2n) is 2.91. The van der Waals surface area contributed by atoms with E-state index in [1.165, 1.54) is 11.5 Å². The van der Waals surface area contributed by atoms with Crippen molar-refractivity contribution in [3.63, 3.8) is 0 Å². The highest BCUT2D eigenvalue weighted by atomic mass is 32.1. The first-order chi connectivity index (χ1) is 7.20. The molecule has 0 atom stereocenters. The topological polar surface area (TPSA) is 71.5 Å². The molecule has 2 N–H and O–H groups in total. The van der Waals surface area contributed by atoms with Crippen LogP contribution in [0.1, 0.15) is 23.0 Å². The molecule has 0 radical (unpaired) electrons. The van der Waals surface area contributed by atoms with Gasteiger partial charge in [0.1, 0.15) is 10.6 Å². The van der Waals surface area contributed by atoms with Gasteiger partial charge in [0.25, 0.3) is 0 Å². The lowest BCUT2D eigenvalue weighted by Crippen LogP contribution is -2.10. The van der Waals surface area contributed by atoms with E-state index in [1.807, 2.05) is 6.92 Å². The van der Waals surface area contributed by atoms with Crippen molar-refractivity contribution in [3.05, 3.63) is 11.3 Å². The SMILES string of the molecule is CCc1nsc(NCCOC)c1C(=O)O. The zero-order valence-electron chi connectivity index (χ0n) is 8.74. The molecule has 1 aromatic heterocycles. The number of hydrogen-bond acceptors (Lipinski definition) is 5. The molecule has 1 rings (SSSR count). The van der Waals surface area contributed by atoms with Crippen LogP contribution in [0.4, 0.5) is 5.00 Å². The lowest BCUT2D eigenvalue weighted by molar-refractivity contribution is 0.0697. The molecule has 1 heterocycles. The van der Waals surface area contributed by atoms with Crippen molar-refractivity contribution in [1.29, 1.82) is 0 Å². The van der Waals surface area contributed by atoms with Crippen LogP contribution in [0.25, 0.3) is 0 Å². The molecule has 0 aliphatic rings. The van der Waals surface area contributed by atoms with Crippen molar-refractivity contribution in [1.82, 2.24) is 4.37 Å². The van der Waals surface area contributed by atoms with Gasteiger partial charge in [-0.05, 0) is 18.0 Å². The number of methoxy groups -OCH3 is 1. The minimum absolute atomic E-state index is 0.290. The molecule has 0 amide bonds. The van der Waals surface area contributed by atoms with Crippen LogP contribution < -0.4 is 5.32 Å². The van der Waals surface area contributed by atoms with Gasteiger partial charge in [-0.1, -0.05) is 6.92 Å². The van der Waals surface area contributed by atoms with Crippen LogP contribution in [-0.2, 0) is 11.2 Å². The summed E-state index contributed by atoms with van der Waals surface area (Å²) in [6.07, 6.45) is 0.629. The lowest BCUT2D eigenvalue weighted by atomic mass is 10.2. The van der Waals surface area contributed by atoms with Gasteiger partial charge in [-0.25, -0.2) is 4.79 Å². The van der Waals surface area contributed by atoms with Gasteiger partial charge in [0.2, 0.25) is 0 Å². The van der Waals surface area contributed by atoms with E-state index < -0.39 is 5.97 Å². The maximum atomic E-state index is 11.0. The first-order valence-electron chi connectivity index (χ1n) is 4.65. The summed E-state index contributed by atoms with van der Waals surface area (Å²) < 4.78 is 8.96. The van der Waals surface area contributed by atoms with Crippen LogP contribution in [0.5, 0.6) is 0 Å². The number of aromatic carboxylic acids is 1. The van der Waals surface area contributed by atoms with Crippen molar-refractivity contribution in [3.8, 4) is 0 Å². The summed E-state index contributed by atoms with van der Waals surface area (Å²) in [6, 6.07) is 0. The van der Waals surface area contributed by atoms with Crippen LogP contribution >= 0.6 is 11.5 Å². The summed E-state index contributed by atoms with van der Waals surface area (Å²) in [6.45, 7) is 3.01. The molecule has 5 nitrogen and oxygen atoms in total. The van der Waals surface area contributed by atoms with E-state index in [9.17, 15) is 4.79 Å². The highest BCUT2D eigenvalue weighted by Crippen LogP contribution is 2.24. The predicted octanol–water partition coefficient (Wildman–Crippen LogP) is 1.46. The van der Waals surface area contributed by atoms with E-state index in [0.29, 0.717) is 35.8 Å². The molecule has 15 heavy (non-hydrogen) atoms. The number of hydrogen-bond donors (Lipinski definition) is 2. The number of nitrogens with one attached hydrogen (secondary N) is 1. The van der Waals surface area contributed by atoms with Gasteiger partial charge in [0.05, 0.1) is 12.3 Å². The molecular formula is C9H14N2O3S. The normalized spacial score (nSPS) is 10.3. The first kappa shape index (κ1) is 11.9. The summed E-state index contributed by atoms with van der Waals surface area (Å²) in [5, 5.41) is 12.6. The number of rotatable bonds is 6. The largest absolute Gasteiger partial charge is 0.478 e. The van der Waals surface area contributed by atoms with Gasteiger partial charge in [-0.3, -0.25) is 0 Å². The Morgan fingerprint density at radius 1 is 1.67 bits per heavy atom. The van der Waals surface area contributed by atoms with E-state index >= 15 is 0 Å². The zero-order chi connectivity index (χ0) is 11.3. The molecule has 0 unspecified atom stereocenters. The Bertz CT molecular complexity index is 338. The Morgan fingerprint density at radius 3 is 2.93 bits per heavy atom. The van der Waals surface area contributed by atoms with Crippen LogP contribution in [0.2, 0.25) is 0 Å². The molecule has 1 aromatic rings.